The van der Waals surface area contributed by atoms with Crippen LogP contribution >= 0.6 is 30.5 Å². The zero-order valence-electron chi connectivity index (χ0n) is 10.4. The molecule has 0 fully saturated rings. The summed E-state index contributed by atoms with van der Waals surface area (Å²) in [6.45, 7) is 0.906. The van der Waals surface area contributed by atoms with Gasteiger partial charge in [-0.25, -0.2) is 0 Å². The Morgan fingerprint density at radius 1 is 1.53 bits per heavy atom. The number of hydrogen-bond acceptors (Lipinski definition) is 5. The zero-order chi connectivity index (χ0) is 14.3. The van der Waals surface area contributed by atoms with Crippen molar-refractivity contribution in [2.45, 2.75) is 19.4 Å². The van der Waals surface area contributed by atoms with Gasteiger partial charge in [0.1, 0.15) is 17.3 Å². The molecule has 1 aromatic heterocycles. The number of rotatable bonds is 9. The van der Waals surface area contributed by atoms with Gasteiger partial charge >= 0.3 is 5.88 Å². The first-order valence-corrected chi connectivity index (χ1v) is 8.28. The second-order valence-electron chi connectivity index (χ2n) is 3.77. The van der Waals surface area contributed by atoms with Gasteiger partial charge in [-0.05, 0) is 37.2 Å². The van der Waals surface area contributed by atoms with Crippen LogP contribution in [-0.2, 0) is 11.1 Å². The maximum atomic E-state index is 10.4. The zero-order valence-corrected chi connectivity index (χ0v) is 12.8. The minimum Gasteiger partial charge on any atom is -0.403 e. The highest BCUT2D eigenvalue weighted by Crippen LogP contribution is 2.46. The molecule has 0 saturated carbocycles. The molecule has 108 valence electrons. The van der Waals surface area contributed by atoms with Crippen molar-refractivity contribution in [3.05, 3.63) is 28.0 Å². The molecule has 0 bridgehead atoms. The quantitative estimate of drug-likeness (QED) is 0.224. The van der Waals surface area contributed by atoms with Crippen LogP contribution in [0.4, 0.5) is 5.88 Å². The summed E-state index contributed by atoms with van der Waals surface area (Å²) in [5, 5.41) is 10.4. The molecule has 0 aliphatic heterocycles. The molecule has 0 radical (unpaired) electrons. The Balaban J connectivity index is 2.32. The molecule has 0 aliphatic rings. The molecular formula is C10H15Cl2N2O4P. The number of furan rings is 1. The lowest BCUT2D eigenvalue weighted by atomic mass is 10.3. The molecule has 1 unspecified atom stereocenters. The Bertz CT molecular complexity index is 405. The van der Waals surface area contributed by atoms with Gasteiger partial charge in [-0.3, -0.25) is 14.8 Å². The van der Waals surface area contributed by atoms with E-state index in [1.807, 2.05) is 11.7 Å². The molecule has 1 atom stereocenters. The second-order valence-corrected chi connectivity index (χ2v) is 6.41. The first-order chi connectivity index (χ1) is 9.04. The highest BCUT2D eigenvalue weighted by molar-refractivity contribution is 7.78. The van der Waals surface area contributed by atoms with Gasteiger partial charge in [-0.15, -0.1) is 11.6 Å². The fourth-order valence-electron chi connectivity index (χ4n) is 1.27. The van der Waals surface area contributed by atoms with E-state index in [9.17, 15) is 10.1 Å². The molecule has 0 N–H and O–H groups in total. The van der Waals surface area contributed by atoms with Crippen LogP contribution in [0.3, 0.4) is 0 Å². The number of nitrogens with zero attached hydrogens (tertiary/aromatic N) is 2. The fourth-order valence-corrected chi connectivity index (χ4v) is 2.56. The predicted octanol–water partition coefficient (Wildman–Crippen LogP) is 4.12. The van der Waals surface area contributed by atoms with Gasteiger partial charge in [0.15, 0.2) is 0 Å². The average molecular weight is 329 g/mol. The maximum Gasteiger partial charge on any atom is 0.433 e. The summed E-state index contributed by atoms with van der Waals surface area (Å²) in [5.41, 5.74) is 0. The summed E-state index contributed by atoms with van der Waals surface area (Å²) < 4.78 is 12.3. The van der Waals surface area contributed by atoms with Crippen LogP contribution in [0.2, 0.25) is 0 Å². The molecule has 0 spiro atoms. The van der Waals surface area contributed by atoms with Gasteiger partial charge in [-0.2, -0.15) is 0 Å². The van der Waals surface area contributed by atoms with Crippen molar-refractivity contribution in [2.24, 2.45) is 0 Å². The van der Waals surface area contributed by atoms with Crippen molar-refractivity contribution in [1.82, 2.24) is 4.67 Å². The van der Waals surface area contributed by atoms with Crippen LogP contribution in [-0.4, -0.2) is 29.1 Å². The molecule has 0 aromatic carbocycles. The van der Waals surface area contributed by atoms with Crippen LogP contribution in [0, 0.1) is 10.1 Å². The molecule has 0 amide bonds. The third-order valence-electron chi connectivity index (χ3n) is 2.27. The van der Waals surface area contributed by atoms with E-state index in [0.29, 0.717) is 11.6 Å². The Hall–Kier alpha value is -0.390. The van der Waals surface area contributed by atoms with Crippen LogP contribution < -0.4 is 0 Å². The van der Waals surface area contributed by atoms with E-state index in [2.05, 4.69) is 0 Å². The molecule has 19 heavy (non-hydrogen) atoms. The highest BCUT2D eigenvalue weighted by atomic mass is 35.7. The first kappa shape index (κ1) is 16.7. The Kier molecular flexibility index (Phi) is 7.64. The van der Waals surface area contributed by atoms with E-state index in [0.717, 1.165) is 19.4 Å². The average Bonchev–Trinajstić information content (AvgIpc) is 2.85. The molecule has 1 rings (SSSR count). The van der Waals surface area contributed by atoms with Gasteiger partial charge in [0.2, 0.25) is 7.65 Å². The summed E-state index contributed by atoms with van der Waals surface area (Å²) in [6.07, 6.45) is 1.87. The van der Waals surface area contributed by atoms with Gasteiger partial charge in [-0.1, -0.05) is 0 Å². The van der Waals surface area contributed by atoms with Gasteiger partial charge < -0.3 is 8.94 Å². The van der Waals surface area contributed by atoms with Crippen molar-refractivity contribution in [3.8, 4) is 0 Å². The van der Waals surface area contributed by atoms with E-state index in [1.165, 1.54) is 12.1 Å². The standard InChI is InChI=1S/C10H15Cl2N2O4P/c1-13(7-3-2-6-11)19(12)17-8-9-4-5-10(18-9)14(15)16/h4-5H,2-3,6-8H2,1H3. The van der Waals surface area contributed by atoms with Crippen LogP contribution in [0.1, 0.15) is 18.6 Å². The minimum atomic E-state index is -1.26. The van der Waals surface area contributed by atoms with Crippen molar-refractivity contribution in [2.75, 3.05) is 19.5 Å². The Morgan fingerprint density at radius 2 is 2.26 bits per heavy atom. The number of unbranched alkanes of at least 4 members (excludes halogenated alkanes) is 1. The van der Waals surface area contributed by atoms with E-state index < -0.39 is 12.6 Å². The Labute approximate surface area is 122 Å². The van der Waals surface area contributed by atoms with Gasteiger partial charge in [0.25, 0.3) is 0 Å². The summed E-state index contributed by atoms with van der Waals surface area (Å²) >= 11 is 11.7. The summed E-state index contributed by atoms with van der Waals surface area (Å²) in [7, 11) is 0.603. The summed E-state index contributed by atoms with van der Waals surface area (Å²) in [6, 6.07) is 2.80. The fraction of sp³-hybridized carbons (Fsp3) is 0.600. The number of hydrogen-bond donors (Lipinski definition) is 0. The molecule has 0 saturated heterocycles. The molecule has 1 aromatic rings. The lowest BCUT2D eigenvalue weighted by Crippen LogP contribution is -2.12. The number of alkyl halides is 1. The van der Waals surface area contributed by atoms with E-state index >= 15 is 0 Å². The Morgan fingerprint density at radius 3 is 2.84 bits per heavy atom. The molecule has 1 heterocycles. The van der Waals surface area contributed by atoms with Crippen molar-refractivity contribution < 1.29 is 13.9 Å². The molecule has 0 aliphatic carbocycles. The monoisotopic (exact) mass is 328 g/mol. The minimum absolute atomic E-state index is 0.114. The maximum absolute atomic E-state index is 10.4. The van der Waals surface area contributed by atoms with Crippen LogP contribution in [0.5, 0.6) is 0 Å². The lowest BCUT2D eigenvalue weighted by Gasteiger charge is -2.20. The van der Waals surface area contributed by atoms with E-state index in [-0.39, 0.29) is 12.5 Å². The van der Waals surface area contributed by atoms with Crippen molar-refractivity contribution in [3.63, 3.8) is 0 Å². The van der Waals surface area contributed by atoms with E-state index in [1.54, 1.807) is 0 Å². The smallest absolute Gasteiger partial charge is 0.403 e. The highest BCUT2D eigenvalue weighted by Gasteiger charge is 2.16. The van der Waals surface area contributed by atoms with Crippen molar-refractivity contribution >= 4 is 36.4 Å². The lowest BCUT2D eigenvalue weighted by molar-refractivity contribution is -0.402. The normalized spacial score (nSPS) is 12.8. The second kappa shape index (κ2) is 8.72. The number of nitro groups is 1. The summed E-state index contributed by atoms with van der Waals surface area (Å²) in [5.74, 6) is 0.715. The molecule has 6 nitrogen and oxygen atoms in total. The number of halogens is 2. The molecular weight excluding hydrogens is 314 g/mol. The third-order valence-corrected chi connectivity index (χ3v) is 4.69. The first-order valence-electron chi connectivity index (χ1n) is 5.63. The molecule has 9 heteroatoms. The van der Waals surface area contributed by atoms with Gasteiger partial charge in [0.05, 0.1) is 6.07 Å². The van der Waals surface area contributed by atoms with E-state index in [4.69, 9.17) is 31.8 Å². The van der Waals surface area contributed by atoms with Crippen LogP contribution in [0.25, 0.3) is 0 Å². The van der Waals surface area contributed by atoms with Crippen LogP contribution in [0.15, 0.2) is 16.5 Å². The largest absolute Gasteiger partial charge is 0.433 e. The summed E-state index contributed by atoms with van der Waals surface area (Å²) in [4.78, 5) is 9.85. The SMILES string of the molecule is CN(CCCCCl)P(Cl)OCc1ccc([N+](=O)[O-])o1. The van der Waals surface area contributed by atoms with Gasteiger partial charge in [0, 0.05) is 12.4 Å². The third kappa shape index (κ3) is 6.06. The predicted molar refractivity (Wildman–Crippen MR) is 75.5 cm³/mol. The topological polar surface area (TPSA) is 68.8 Å². The van der Waals surface area contributed by atoms with Crippen molar-refractivity contribution in [1.29, 1.82) is 0 Å².